The monoisotopic (exact) mass is 467 g/mol. The van der Waals surface area contributed by atoms with Gasteiger partial charge in [0.15, 0.2) is 0 Å². The zero-order chi connectivity index (χ0) is 24.5. The molecule has 0 aliphatic heterocycles. The number of aliphatic hydroxyl groups is 2. The molecule has 5 atom stereocenters. The Bertz CT molecular complexity index is 839. The first kappa shape index (κ1) is 26.7. The third-order valence-electron chi connectivity index (χ3n) is 7.51. The van der Waals surface area contributed by atoms with E-state index >= 15 is 0 Å². The molecule has 0 saturated heterocycles. The zero-order valence-corrected chi connectivity index (χ0v) is 21.5. The van der Waals surface area contributed by atoms with Crippen LogP contribution < -0.4 is 0 Å². The van der Waals surface area contributed by atoms with Crippen LogP contribution in [0, 0.1) is 24.7 Å². The average Bonchev–Trinajstić information content (AvgIpc) is 3.31. The standard InChI is InChI=1S/C30H45NO3/c1-4-15-31(16-5-2)30(34)12-7-6-10-24-18-25-21-29(33)27(28(25)20-24)14-13-26(32)19-23-11-8-9-22(3)17-23/h8-9,11,13-14,17-18,25-29,32-33H,4-7,10,12,15-16,19-21H2,1-3H3/b14-13+/t25-,26+,27+,28-,29+/m0/s1. The third-order valence-corrected chi connectivity index (χ3v) is 7.51. The van der Waals surface area contributed by atoms with Crippen molar-refractivity contribution in [1.29, 1.82) is 0 Å². The summed E-state index contributed by atoms with van der Waals surface area (Å²) in [6.07, 6.45) is 13.7. The first-order valence-electron chi connectivity index (χ1n) is 13.5. The maximum absolute atomic E-state index is 12.5. The number of aryl methyl sites for hydroxylation is 1. The van der Waals surface area contributed by atoms with Crippen LogP contribution in [0.3, 0.4) is 0 Å². The fraction of sp³-hybridized carbons (Fsp3) is 0.633. The maximum Gasteiger partial charge on any atom is 0.222 e. The third kappa shape index (κ3) is 7.55. The second-order valence-corrected chi connectivity index (χ2v) is 10.5. The molecule has 4 nitrogen and oxygen atoms in total. The van der Waals surface area contributed by atoms with Crippen LogP contribution in [0.15, 0.2) is 48.1 Å². The molecule has 2 N–H and O–H groups in total. The molecule has 34 heavy (non-hydrogen) atoms. The van der Waals surface area contributed by atoms with Crippen LogP contribution in [-0.2, 0) is 11.2 Å². The van der Waals surface area contributed by atoms with Gasteiger partial charge in [-0.25, -0.2) is 0 Å². The number of fused-ring (bicyclic) bond motifs is 1. The van der Waals surface area contributed by atoms with Crippen molar-refractivity contribution in [2.75, 3.05) is 13.1 Å². The zero-order valence-electron chi connectivity index (χ0n) is 21.5. The number of aliphatic hydroxyl groups excluding tert-OH is 2. The Kier molecular flexibility index (Phi) is 10.4. The number of amides is 1. The highest BCUT2D eigenvalue weighted by Gasteiger charge is 2.43. The van der Waals surface area contributed by atoms with Gasteiger partial charge in [-0.05, 0) is 69.3 Å². The van der Waals surface area contributed by atoms with Crippen molar-refractivity contribution in [3.05, 3.63) is 59.2 Å². The molecule has 0 aromatic heterocycles. The van der Waals surface area contributed by atoms with Gasteiger partial charge in [0.25, 0.3) is 0 Å². The van der Waals surface area contributed by atoms with Gasteiger partial charge in [-0.2, -0.15) is 0 Å². The van der Waals surface area contributed by atoms with Crippen molar-refractivity contribution >= 4 is 5.91 Å². The summed E-state index contributed by atoms with van der Waals surface area (Å²) in [5, 5.41) is 21.1. The summed E-state index contributed by atoms with van der Waals surface area (Å²) >= 11 is 0. The molecular formula is C30H45NO3. The predicted octanol–water partition coefficient (Wildman–Crippen LogP) is 5.61. The van der Waals surface area contributed by atoms with E-state index in [4.69, 9.17) is 0 Å². The minimum atomic E-state index is -0.528. The number of hydrogen-bond acceptors (Lipinski definition) is 3. The Morgan fingerprint density at radius 2 is 1.97 bits per heavy atom. The van der Waals surface area contributed by atoms with E-state index in [0.29, 0.717) is 30.6 Å². The second-order valence-electron chi connectivity index (χ2n) is 10.5. The van der Waals surface area contributed by atoms with E-state index in [1.165, 1.54) is 11.1 Å². The normalized spacial score (nSPS) is 24.9. The van der Waals surface area contributed by atoms with E-state index in [1.54, 1.807) is 0 Å². The summed E-state index contributed by atoms with van der Waals surface area (Å²) in [4.78, 5) is 14.5. The van der Waals surface area contributed by atoms with Crippen LogP contribution in [0.2, 0.25) is 0 Å². The molecule has 188 valence electrons. The smallest absolute Gasteiger partial charge is 0.222 e. The van der Waals surface area contributed by atoms with Gasteiger partial charge in [0.05, 0.1) is 12.2 Å². The van der Waals surface area contributed by atoms with Gasteiger partial charge in [0, 0.05) is 31.8 Å². The minimum absolute atomic E-state index is 0.115. The van der Waals surface area contributed by atoms with Gasteiger partial charge in [0.1, 0.15) is 0 Å². The van der Waals surface area contributed by atoms with Crippen LogP contribution in [-0.4, -0.2) is 46.3 Å². The summed E-state index contributed by atoms with van der Waals surface area (Å²) < 4.78 is 0. The first-order valence-corrected chi connectivity index (χ1v) is 13.5. The molecular weight excluding hydrogens is 422 g/mol. The van der Waals surface area contributed by atoms with Gasteiger partial charge < -0.3 is 15.1 Å². The van der Waals surface area contributed by atoms with E-state index in [2.05, 4.69) is 51.1 Å². The summed E-state index contributed by atoms with van der Waals surface area (Å²) in [5.74, 6) is 1.31. The Balaban J connectivity index is 1.43. The summed E-state index contributed by atoms with van der Waals surface area (Å²) in [7, 11) is 0. The quantitative estimate of drug-likeness (QED) is 0.293. The Morgan fingerprint density at radius 3 is 2.68 bits per heavy atom. The van der Waals surface area contributed by atoms with Crippen molar-refractivity contribution in [3.8, 4) is 0 Å². The van der Waals surface area contributed by atoms with Crippen LogP contribution in [0.25, 0.3) is 0 Å². The molecule has 1 aromatic carbocycles. The summed E-state index contributed by atoms with van der Waals surface area (Å²) in [6, 6.07) is 8.26. The number of carbonyl (C=O) groups is 1. The van der Waals surface area contributed by atoms with Crippen LogP contribution >= 0.6 is 0 Å². The van der Waals surface area contributed by atoms with E-state index in [-0.39, 0.29) is 12.0 Å². The molecule has 4 heteroatoms. The van der Waals surface area contributed by atoms with Gasteiger partial charge in [-0.15, -0.1) is 0 Å². The number of hydrogen-bond donors (Lipinski definition) is 2. The number of allylic oxidation sites excluding steroid dienone is 2. The molecule has 1 fully saturated rings. The fourth-order valence-corrected chi connectivity index (χ4v) is 5.88. The van der Waals surface area contributed by atoms with E-state index in [0.717, 1.165) is 63.6 Å². The lowest BCUT2D eigenvalue weighted by Gasteiger charge is -2.21. The van der Waals surface area contributed by atoms with Gasteiger partial charge in [-0.3, -0.25) is 4.79 Å². The lowest BCUT2D eigenvalue weighted by atomic mass is 9.88. The lowest BCUT2D eigenvalue weighted by Crippen LogP contribution is -2.32. The number of unbranched alkanes of at least 4 members (excludes halogenated alkanes) is 1. The Hall–Kier alpha value is -1.91. The largest absolute Gasteiger partial charge is 0.392 e. The SMILES string of the molecule is CCCN(CCC)C(=O)CCCCC1=C[C@H]2C[C@@H](O)[C@H](/C=C/[C@@H](O)Cc3cccc(C)c3)[C@H]2C1. The van der Waals surface area contributed by atoms with Crippen molar-refractivity contribution < 1.29 is 15.0 Å². The van der Waals surface area contributed by atoms with Gasteiger partial charge >= 0.3 is 0 Å². The maximum atomic E-state index is 12.5. The van der Waals surface area contributed by atoms with E-state index in [9.17, 15) is 15.0 Å². The van der Waals surface area contributed by atoms with Gasteiger partial charge in [0.2, 0.25) is 5.91 Å². The second kappa shape index (κ2) is 13.3. The number of rotatable bonds is 13. The van der Waals surface area contributed by atoms with Crippen molar-refractivity contribution in [1.82, 2.24) is 4.90 Å². The molecule has 0 spiro atoms. The molecule has 0 bridgehead atoms. The van der Waals surface area contributed by atoms with Gasteiger partial charge in [-0.1, -0.05) is 67.5 Å². The topological polar surface area (TPSA) is 60.8 Å². The molecule has 0 heterocycles. The van der Waals surface area contributed by atoms with Crippen molar-refractivity contribution in [2.45, 2.75) is 90.8 Å². The molecule has 0 unspecified atom stereocenters. The fourth-order valence-electron chi connectivity index (χ4n) is 5.88. The number of nitrogens with zero attached hydrogens (tertiary/aromatic N) is 1. The molecule has 0 radical (unpaired) electrons. The van der Waals surface area contributed by atoms with Crippen LogP contribution in [0.5, 0.6) is 0 Å². The Labute approximate surface area is 206 Å². The first-order chi connectivity index (χ1) is 16.4. The van der Waals surface area contributed by atoms with E-state index < -0.39 is 6.10 Å². The molecule has 1 saturated carbocycles. The predicted molar refractivity (Wildman–Crippen MR) is 139 cm³/mol. The molecule has 2 aliphatic carbocycles. The highest BCUT2D eigenvalue weighted by molar-refractivity contribution is 5.76. The Morgan fingerprint density at radius 1 is 1.21 bits per heavy atom. The van der Waals surface area contributed by atoms with Crippen LogP contribution in [0.1, 0.15) is 76.3 Å². The van der Waals surface area contributed by atoms with Crippen molar-refractivity contribution in [3.63, 3.8) is 0 Å². The molecule has 3 rings (SSSR count). The number of benzene rings is 1. The number of carbonyl (C=O) groups excluding carboxylic acids is 1. The highest BCUT2D eigenvalue weighted by atomic mass is 16.3. The average molecular weight is 468 g/mol. The lowest BCUT2D eigenvalue weighted by molar-refractivity contribution is -0.131. The molecule has 2 aliphatic rings. The molecule has 1 aromatic rings. The molecule has 1 amide bonds. The van der Waals surface area contributed by atoms with Crippen molar-refractivity contribution in [2.24, 2.45) is 17.8 Å². The summed E-state index contributed by atoms with van der Waals surface area (Å²) in [6.45, 7) is 8.07. The van der Waals surface area contributed by atoms with E-state index in [1.807, 2.05) is 17.0 Å². The minimum Gasteiger partial charge on any atom is -0.392 e. The summed E-state index contributed by atoms with van der Waals surface area (Å²) in [5.41, 5.74) is 3.83. The van der Waals surface area contributed by atoms with Crippen LogP contribution in [0.4, 0.5) is 0 Å². The highest BCUT2D eigenvalue weighted by Crippen LogP contribution is 2.48.